The first kappa shape index (κ1) is 36.2. The molecule has 14 rings (SSSR count). The minimum Gasteiger partial charge on any atom is -0.449 e. The van der Waals surface area contributed by atoms with Crippen molar-refractivity contribution in [2.75, 3.05) is 4.90 Å². The molecule has 0 N–H and O–H groups in total. The zero-order chi connectivity index (χ0) is 42.6. The van der Waals surface area contributed by atoms with Crippen LogP contribution in [0.4, 0.5) is 17.1 Å². The highest BCUT2D eigenvalue weighted by Gasteiger charge is 2.57. The maximum atomic E-state index is 7.06. The standard InChI is InChI=1S/C61H40N2O2/c1-3-15-39(16-4-1)40-27-29-42(30-28-40)62(43-31-33-56-50(35-43)48-22-10-14-26-55(48)63(56)41-17-5-2-6-18-41)44-32-34-57-58(36-44)65-60-38-54-49(37-59(60)64-57)47-21-9-13-25-53(47)61(54)51-23-11-7-19-45(51)46-20-8-12-24-52(46)61/h1-38,45,51H. The second kappa shape index (κ2) is 13.8. The molecule has 4 nitrogen and oxygen atoms in total. The summed E-state index contributed by atoms with van der Waals surface area (Å²) in [5, 5.41) is 2.39. The molecule has 65 heavy (non-hydrogen) atoms. The molecular formula is C61H40N2O2. The van der Waals surface area contributed by atoms with Crippen LogP contribution in [0.3, 0.4) is 0 Å². The van der Waals surface area contributed by atoms with Crippen molar-refractivity contribution < 1.29 is 9.47 Å². The second-order valence-electron chi connectivity index (χ2n) is 17.6. The maximum absolute atomic E-state index is 7.06. The van der Waals surface area contributed by atoms with Crippen LogP contribution in [0, 0.1) is 5.92 Å². The predicted octanol–water partition coefficient (Wildman–Crippen LogP) is 16.0. The SMILES string of the molecule is C1=CC2c3ccccc3C3(c4ccccc4-c4cc5c(cc43)Oc3cc(N(c4ccc(-c6ccccc6)cc4)c4ccc6c(c4)c4ccccc4n6-c4ccccc4)ccc3O5)C2C=C1. The fourth-order valence-electron chi connectivity index (χ4n) is 11.6. The lowest BCUT2D eigenvalue weighted by Gasteiger charge is -2.36. The van der Waals surface area contributed by atoms with Gasteiger partial charge in [0, 0.05) is 45.7 Å². The molecular weight excluding hydrogens is 793 g/mol. The quantitative estimate of drug-likeness (QED) is 0.173. The van der Waals surface area contributed by atoms with E-state index in [2.05, 4.69) is 240 Å². The molecule has 3 atom stereocenters. The van der Waals surface area contributed by atoms with Crippen molar-refractivity contribution in [3.05, 3.63) is 253 Å². The van der Waals surface area contributed by atoms with Crippen molar-refractivity contribution in [1.82, 2.24) is 4.57 Å². The van der Waals surface area contributed by atoms with Crippen molar-refractivity contribution in [2.45, 2.75) is 11.3 Å². The Morgan fingerprint density at radius 2 is 1.05 bits per heavy atom. The molecule has 10 aromatic rings. The third kappa shape index (κ3) is 5.19. The minimum absolute atomic E-state index is 0.231. The molecule has 3 unspecified atom stereocenters. The number of allylic oxidation sites excluding steroid dienone is 4. The number of ether oxygens (including phenoxy) is 2. The van der Waals surface area contributed by atoms with Crippen molar-refractivity contribution in [3.63, 3.8) is 0 Å². The molecule has 1 aromatic heterocycles. The van der Waals surface area contributed by atoms with Gasteiger partial charge < -0.3 is 18.9 Å². The van der Waals surface area contributed by atoms with E-state index in [-0.39, 0.29) is 17.3 Å². The van der Waals surface area contributed by atoms with E-state index in [1.165, 1.54) is 55.2 Å². The molecule has 4 aliphatic rings. The maximum Gasteiger partial charge on any atom is 0.172 e. The lowest BCUT2D eigenvalue weighted by atomic mass is 9.65. The van der Waals surface area contributed by atoms with Crippen LogP contribution in [0.5, 0.6) is 23.0 Å². The molecule has 1 spiro atoms. The molecule has 0 saturated heterocycles. The van der Waals surface area contributed by atoms with Crippen molar-refractivity contribution in [1.29, 1.82) is 0 Å². The molecule has 2 heterocycles. The smallest absolute Gasteiger partial charge is 0.172 e. The van der Waals surface area contributed by atoms with Gasteiger partial charge in [0.15, 0.2) is 23.0 Å². The van der Waals surface area contributed by atoms with Crippen molar-refractivity contribution >= 4 is 38.9 Å². The summed E-state index contributed by atoms with van der Waals surface area (Å²) in [5.41, 5.74) is 16.3. The lowest BCUT2D eigenvalue weighted by molar-refractivity contribution is 0.358. The van der Waals surface area contributed by atoms with Crippen LogP contribution in [0.15, 0.2) is 231 Å². The Morgan fingerprint density at radius 1 is 0.415 bits per heavy atom. The summed E-state index contributed by atoms with van der Waals surface area (Å²) in [7, 11) is 0. The van der Waals surface area contributed by atoms with Crippen molar-refractivity contribution in [3.8, 4) is 50.9 Å². The molecule has 4 heteroatoms. The van der Waals surface area contributed by atoms with Gasteiger partial charge in [0.1, 0.15) is 0 Å². The van der Waals surface area contributed by atoms with Gasteiger partial charge in [-0.05, 0) is 117 Å². The third-order valence-electron chi connectivity index (χ3n) is 14.3. The number of benzene rings is 9. The number of fused-ring (bicyclic) bond motifs is 15. The molecule has 0 bridgehead atoms. The van der Waals surface area contributed by atoms with E-state index in [9.17, 15) is 0 Å². The van der Waals surface area contributed by atoms with E-state index in [0.717, 1.165) is 45.3 Å². The zero-order valence-corrected chi connectivity index (χ0v) is 35.3. The summed E-state index contributed by atoms with van der Waals surface area (Å²) in [6.07, 6.45) is 9.24. The molecule has 306 valence electrons. The molecule has 1 aliphatic heterocycles. The first-order chi connectivity index (χ1) is 32.2. The molecule has 0 amide bonds. The van der Waals surface area contributed by atoms with Gasteiger partial charge in [0.25, 0.3) is 0 Å². The molecule has 0 fully saturated rings. The minimum atomic E-state index is -0.361. The van der Waals surface area contributed by atoms with Crippen LogP contribution in [-0.2, 0) is 5.41 Å². The van der Waals surface area contributed by atoms with Gasteiger partial charge in [-0.15, -0.1) is 0 Å². The topological polar surface area (TPSA) is 26.6 Å². The number of hydrogen-bond acceptors (Lipinski definition) is 3. The Balaban J connectivity index is 0.912. The summed E-state index contributed by atoms with van der Waals surface area (Å²) in [6.45, 7) is 0. The number of hydrogen-bond donors (Lipinski definition) is 0. The van der Waals surface area contributed by atoms with E-state index in [0.29, 0.717) is 11.5 Å². The second-order valence-corrected chi connectivity index (χ2v) is 17.6. The lowest BCUT2D eigenvalue weighted by Crippen LogP contribution is -2.33. The Morgan fingerprint density at radius 3 is 1.92 bits per heavy atom. The Kier molecular flexibility index (Phi) is 7.70. The number of aromatic nitrogens is 1. The van der Waals surface area contributed by atoms with Gasteiger partial charge in [-0.3, -0.25) is 0 Å². The summed E-state index contributed by atoms with van der Waals surface area (Å²) >= 11 is 0. The first-order valence-electron chi connectivity index (χ1n) is 22.5. The third-order valence-corrected chi connectivity index (χ3v) is 14.3. The summed E-state index contributed by atoms with van der Waals surface area (Å²) in [6, 6.07) is 74.4. The zero-order valence-electron chi connectivity index (χ0n) is 35.3. The Labute approximate surface area is 377 Å². The average molecular weight is 833 g/mol. The molecule has 3 aliphatic carbocycles. The largest absolute Gasteiger partial charge is 0.449 e. The predicted molar refractivity (Wildman–Crippen MR) is 264 cm³/mol. The van der Waals surface area contributed by atoms with Gasteiger partial charge >= 0.3 is 0 Å². The van der Waals surface area contributed by atoms with Gasteiger partial charge in [-0.1, -0.05) is 152 Å². The van der Waals surface area contributed by atoms with Crippen LogP contribution in [0.25, 0.3) is 49.7 Å². The highest BCUT2D eigenvalue weighted by Crippen LogP contribution is 2.67. The molecule has 0 saturated carbocycles. The van der Waals surface area contributed by atoms with Crippen LogP contribution in [-0.4, -0.2) is 4.57 Å². The van der Waals surface area contributed by atoms with E-state index >= 15 is 0 Å². The number of rotatable bonds is 5. The van der Waals surface area contributed by atoms with Crippen LogP contribution in [0.1, 0.15) is 28.2 Å². The fourth-order valence-corrected chi connectivity index (χ4v) is 11.6. The Hall–Kier alpha value is -8.34. The number of nitrogens with zero attached hydrogens (tertiary/aromatic N) is 2. The van der Waals surface area contributed by atoms with Crippen LogP contribution < -0.4 is 14.4 Å². The number of anilines is 3. The molecule has 9 aromatic carbocycles. The highest BCUT2D eigenvalue weighted by molar-refractivity contribution is 6.10. The van der Waals surface area contributed by atoms with Gasteiger partial charge in [-0.25, -0.2) is 0 Å². The monoisotopic (exact) mass is 832 g/mol. The molecule has 0 radical (unpaired) electrons. The number of para-hydroxylation sites is 2. The van der Waals surface area contributed by atoms with Crippen LogP contribution >= 0.6 is 0 Å². The first-order valence-corrected chi connectivity index (χ1v) is 22.5. The van der Waals surface area contributed by atoms with E-state index in [1.54, 1.807) is 0 Å². The van der Waals surface area contributed by atoms with E-state index < -0.39 is 0 Å². The summed E-state index contributed by atoms with van der Waals surface area (Å²) in [4.78, 5) is 2.33. The van der Waals surface area contributed by atoms with Gasteiger partial charge in [0.2, 0.25) is 0 Å². The summed E-state index contributed by atoms with van der Waals surface area (Å²) in [5.74, 6) is 3.34. The van der Waals surface area contributed by atoms with Crippen LogP contribution in [0.2, 0.25) is 0 Å². The fraction of sp³-hybridized carbons (Fsp3) is 0.0492. The normalized spacial score (nSPS) is 18.0. The van der Waals surface area contributed by atoms with Crippen molar-refractivity contribution in [2.24, 2.45) is 5.92 Å². The Bertz CT molecular complexity index is 3620. The summed E-state index contributed by atoms with van der Waals surface area (Å²) < 4.78 is 16.3. The van der Waals surface area contributed by atoms with E-state index in [4.69, 9.17) is 9.47 Å². The van der Waals surface area contributed by atoms with E-state index in [1.807, 2.05) is 0 Å². The van der Waals surface area contributed by atoms with Gasteiger partial charge in [0.05, 0.1) is 22.1 Å². The highest BCUT2D eigenvalue weighted by atomic mass is 16.6. The van der Waals surface area contributed by atoms with Gasteiger partial charge in [-0.2, -0.15) is 0 Å². The average Bonchev–Trinajstić information content (AvgIpc) is 3.97.